The van der Waals surface area contributed by atoms with Crippen LogP contribution in [-0.2, 0) is 11.3 Å². The average molecular weight is 264 g/mol. The predicted molar refractivity (Wildman–Crippen MR) is 54.5 cm³/mol. The second-order valence-electron chi connectivity index (χ2n) is 2.40. The fraction of sp³-hybridized carbons (Fsp3) is 0.250. The minimum absolute atomic E-state index is 0.00996. The molecule has 0 saturated heterocycles. The Balaban J connectivity index is 2.46. The van der Waals surface area contributed by atoms with Gasteiger partial charge in [-0.3, -0.25) is 4.79 Å². The first kappa shape index (κ1) is 10.5. The first-order valence-corrected chi connectivity index (χ1v) is 4.98. The number of pyridine rings is 1. The number of carbonyl (C=O) groups is 1. The highest BCUT2D eigenvalue weighted by molar-refractivity contribution is 9.10. The van der Waals surface area contributed by atoms with Crippen molar-refractivity contribution in [2.24, 2.45) is 0 Å². The molecule has 0 unspecified atom stereocenters. The molecular weight excluding hydrogens is 255 g/mol. The van der Waals surface area contributed by atoms with Crippen LogP contribution in [0.5, 0.6) is 0 Å². The van der Waals surface area contributed by atoms with Crippen LogP contribution in [0, 0.1) is 0 Å². The Labute approximate surface area is 89.6 Å². The lowest BCUT2D eigenvalue weighted by molar-refractivity contribution is -0.118. The van der Waals surface area contributed by atoms with Gasteiger partial charge in [0, 0.05) is 12.7 Å². The van der Waals surface area contributed by atoms with Gasteiger partial charge in [0.1, 0.15) is 10.5 Å². The van der Waals surface area contributed by atoms with E-state index in [-0.39, 0.29) is 11.8 Å². The minimum Gasteiger partial charge on any atom is -0.351 e. The number of hydrogen-bond acceptors (Lipinski definition) is 2. The molecule has 1 amide bonds. The fourth-order valence-corrected chi connectivity index (χ4v) is 1.09. The van der Waals surface area contributed by atoms with Gasteiger partial charge in [0.15, 0.2) is 0 Å². The molecule has 0 atom stereocenters. The topological polar surface area (TPSA) is 42.0 Å². The molecule has 1 N–H and O–H groups in total. The molecule has 0 aliphatic carbocycles. The van der Waals surface area contributed by atoms with E-state index in [0.717, 1.165) is 10.2 Å². The van der Waals surface area contributed by atoms with E-state index in [9.17, 15) is 4.79 Å². The normalized spacial score (nSPS) is 9.69. The third-order valence-electron chi connectivity index (χ3n) is 1.40. The average Bonchev–Trinajstić information content (AvgIpc) is 2.16. The van der Waals surface area contributed by atoms with Crippen LogP contribution in [0.1, 0.15) is 5.56 Å². The van der Waals surface area contributed by atoms with Gasteiger partial charge in [-0.25, -0.2) is 4.98 Å². The van der Waals surface area contributed by atoms with Gasteiger partial charge in [-0.15, -0.1) is 11.6 Å². The largest absolute Gasteiger partial charge is 0.351 e. The van der Waals surface area contributed by atoms with Crippen molar-refractivity contribution in [1.29, 1.82) is 0 Å². The highest BCUT2D eigenvalue weighted by Gasteiger charge is 1.98. The summed E-state index contributed by atoms with van der Waals surface area (Å²) in [6.45, 7) is 0.464. The van der Waals surface area contributed by atoms with Gasteiger partial charge in [0.05, 0.1) is 0 Å². The summed E-state index contributed by atoms with van der Waals surface area (Å²) in [5.41, 5.74) is 0.946. The second-order valence-corrected chi connectivity index (χ2v) is 3.48. The molecule has 0 saturated carbocycles. The van der Waals surface area contributed by atoms with Gasteiger partial charge in [0.25, 0.3) is 0 Å². The Kier molecular flexibility index (Phi) is 4.18. The highest BCUT2D eigenvalue weighted by atomic mass is 79.9. The second kappa shape index (κ2) is 5.19. The number of carbonyl (C=O) groups excluding carboxylic acids is 1. The zero-order valence-corrected chi connectivity index (χ0v) is 9.10. The van der Waals surface area contributed by atoms with Crippen LogP contribution in [0.2, 0.25) is 0 Å². The van der Waals surface area contributed by atoms with Crippen molar-refractivity contribution in [3.8, 4) is 0 Å². The van der Waals surface area contributed by atoms with Crippen molar-refractivity contribution in [1.82, 2.24) is 10.3 Å². The smallest absolute Gasteiger partial charge is 0.235 e. The molecule has 5 heteroatoms. The molecule has 0 spiro atoms. The molecule has 0 aliphatic heterocycles. The van der Waals surface area contributed by atoms with Crippen LogP contribution >= 0.6 is 27.5 Å². The molecule has 1 aromatic rings. The molecule has 13 heavy (non-hydrogen) atoms. The van der Waals surface area contributed by atoms with Crippen molar-refractivity contribution in [2.45, 2.75) is 6.54 Å². The third-order valence-corrected chi connectivity index (χ3v) is 2.11. The Morgan fingerprint density at radius 2 is 2.38 bits per heavy atom. The van der Waals surface area contributed by atoms with E-state index in [1.807, 2.05) is 12.1 Å². The van der Waals surface area contributed by atoms with E-state index >= 15 is 0 Å². The first-order valence-electron chi connectivity index (χ1n) is 3.65. The van der Waals surface area contributed by atoms with E-state index < -0.39 is 0 Å². The zero-order valence-electron chi connectivity index (χ0n) is 6.76. The summed E-state index contributed by atoms with van der Waals surface area (Å²) in [6, 6.07) is 3.70. The monoisotopic (exact) mass is 262 g/mol. The Hall–Kier alpha value is -0.610. The molecule has 0 aliphatic rings. The SMILES string of the molecule is O=C(CCl)NCc1ccc(Br)nc1. The van der Waals surface area contributed by atoms with Crippen LogP contribution in [0.25, 0.3) is 0 Å². The van der Waals surface area contributed by atoms with E-state index in [1.165, 1.54) is 0 Å². The summed E-state index contributed by atoms with van der Waals surface area (Å²) in [4.78, 5) is 14.8. The summed E-state index contributed by atoms with van der Waals surface area (Å²) >= 11 is 8.53. The molecule has 0 radical (unpaired) electrons. The summed E-state index contributed by atoms with van der Waals surface area (Å²) in [5.74, 6) is -0.186. The van der Waals surface area contributed by atoms with Crippen molar-refractivity contribution in [3.05, 3.63) is 28.5 Å². The van der Waals surface area contributed by atoms with Crippen LogP contribution < -0.4 is 5.32 Å². The van der Waals surface area contributed by atoms with Crippen molar-refractivity contribution < 1.29 is 4.79 Å². The minimum atomic E-state index is -0.176. The fourth-order valence-electron chi connectivity index (χ4n) is 0.759. The molecule has 3 nitrogen and oxygen atoms in total. The third kappa shape index (κ3) is 3.74. The van der Waals surface area contributed by atoms with Gasteiger partial charge >= 0.3 is 0 Å². The van der Waals surface area contributed by atoms with Crippen LogP contribution in [0.3, 0.4) is 0 Å². The number of rotatable bonds is 3. The summed E-state index contributed by atoms with van der Waals surface area (Å²) in [6.07, 6.45) is 1.69. The Morgan fingerprint density at radius 3 is 2.92 bits per heavy atom. The van der Waals surface area contributed by atoms with Gasteiger partial charge in [-0.2, -0.15) is 0 Å². The summed E-state index contributed by atoms with van der Waals surface area (Å²) in [7, 11) is 0. The van der Waals surface area contributed by atoms with Crippen LogP contribution in [-0.4, -0.2) is 16.8 Å². The van der Waals surface area contributed by atoms with E-state index in [2.05, 4.69) is 26.2 Å². The highest BCUT2D eigenvalue weighted by Crippen LogP contribution is 2.05. The van der Waals surface area contributed by atoms with Crippen molar-refractivity contribution >= 4 is 33.4 Å². The van der Waals surface area contributed by atoms with Crippen LogP contribution in [0.4, 0.5) is 0 Å². The zero-order chi connectivity index (χ0) is 9.68. The summed E-state index contributed by atoms with van der Waals surface area (Å²) < 4.78 is 0.778. The number of aromatic nitrogens is 1. The van der Waals surface area contributed by atoms with Gasteiger partial charge < -0.3 is 5.32 Å². The Morgan fingerprint density at radius 1 is 1.62 bits per heavy atom. The number of nitrogens with one attached hydrogen (secondary N) is 1. The maximum Gasteiger partial charge on any atom is 0.235 e. The summed E-state index contributed by atoms with van der Waals surface area (Å²) in [5, 5.41) is 2.64. The first-order chi connectivity index (χ1) is 6.22. The van der Waals surface area contributed by atoms with E-state index in [0.29, 0.717) is 6.54 Å². The maximum atomic E-state index is 10.8. The number of amides is 1. The van der Waals surface area contributed by atoms with Gasteiger partial charge in [-0.1, -0.05) is 6.07 Å². The molecule has 1 aromatic heterocycles. The van der Waals surface area contributed by atoms with Gasteiger partial charge in [0.2, 0.25) is 5.91 Å². The maximum absolute atomic E-state index is 10.8. The molecule has 0 fully saturated rings. The van der Waals surface area contributed by atoms with Crippen LogP contribution in [0.15, 0.2) is 22.9 Å². The van der Waals surface area contributed by atoms with Crippen molar-refractivity contribution in [2.75, 3.05) is 5.88 Å². The lowest BCUT2D eigenvalue weighted by Gasteiger charge is -2.01. The quantitative estimate of drug-likeness (QED) is 0.666. The molecule has 0 bridgehead atoms. The van der Waals surface area contributed by atoms with Gasteiger partial charge in [-0.05, 0) is 27.6 Å². The molecule has 70 valence electrons. The molecule has 0 aromatic carbocycles. The number of halogens is 2. The predicted octanol–water partition coefficient (Wildman–Crippen LogP) is 1.70. The number of hydrogen-bond donors (Lipinski definition) is 1. The number of alkyl halides is 1. The van der Waals surface area contributed by atoms with Crippen molar-refractivity contribution in [3.63, 3.8) is 0 Å². The van der Waals surface area contributed by atoms with E-state index in [1.54, 1.807) is 6.20 Å². The Bertz CT molecular complexity index is 289. The lowest BCUT2D eigenvalue weighted by Crippen LogP contribution is -2.23. The standard InChI is InChI=1S/C8H8BrClN2O/c9-7-2-1-6(4-11-7)5-12-8(13)3-10/h1-2,4H,3,5H2,(H,12,13). The molecule has 1 heterocycles. The number of nitrogens with zero attached hydrogens (tertiary/aromatic N) is 1. The van der Waals surface area contributed by atoms with E-state index in [4.69, 9.17) is 11.6 Å². The lowest BCUT2D eigenvalue weighted by atomic mass is 10.3. The molecular formula is C8H8BrClN2O. The molecule has 1 rings (SSSR count).